The molecule has 0 saturated heterocycles. The highest BCUT2D eigenvalue weighted by Crippen LogP contribution is 2.12. The largest absolute Gasteiger partial charge is 0.388 e. The second-order valence-corrected chi connectivity index (χ2v) is 5.70. The van der Waals surface area contributed by atoms with Gasteiger partial charge in [-0.3, -0.25) is 4.79 Å². The van der Waals surface area contributed by atoms with Gasteiger partial charge in [-0.05, 0) is 25.5 Å². The molecule has 0 fully saturated rings. The number of hydrogen-bond donors (Lipinski definition) is 2. The van der Waals surface area contributed by atoms with Crippen molar-refractivity contribution in [2.75, 3.05) is 6.54 Å². The van der Waals surface area contributed by atoms with E-state index in [0.717, 1.165) is 17.5 Å². The first-order valence-electron chi connectivity index (χ1n) is 7.41. The highest BCUT2D eigenvalue weighted by atomic mass is 16.3. The van der Waals surface area contributed by atoms with Crippen LogP contribution in [0.5, 0.6) is 0 Å². The molecular weight excluding hydrogens is 266 g/mol. The topological polar surface area (TPSA) is 67.2 Å². The molecule has 0 radical (unpaired) electrons. The second kappa shape index (κ2) is 6.72. The fourth-order valence-electron chi connectivity index (χ4n) is 2.41. The normalized spacial score (nSPS) is 14.0. The van der Waals surface area contributed by atoms with E-state index < -0.39 is 5.60 Å². The van der Waals surface area contributed by atoms with Crippen molar-refractivity contribution >= 4 is 16.9 Å². The van der Waals surface area contributed by atoms with E-state index in [9.17, 15) is 9.90 Å². The lowest BCUT2D eigenvalue weighted by molar-refractivity contribution is -0.122. The van der Waals surface area contributed by atoms with Crippen LogP contribution in [-0.2, 0) is 11.3 Å². The standard InChI is InChI=1S/C16H23N3O2/c1-3-9-16(2,21)11-17-15(20)8-10-19-12-18-13-6-4-5-7-14(13)19/h4-7,12,21H,3,8-11H2,1-2H3,(H,17,20). The molecule has 5 nitrogen and oxygen atoms in total. The molecule has 21 heavy (non-hydrogen) atoms. The smallest absolute Gasteiger partial charge is 0.221 e. The van der Waals surface area contributed by atoms with Crippen LogP contribution in [0, 0.1) is 0 Å². The van der Waals surface area contributed by atoms with Crippen molar-refractivity contribution in [3.05, 3.63) is 30.6 Å². The van der Waals surface area contributed by atoms with E-state index in [1.54, 1.807) is 13.3 Å². The van der Waals surface area contributed by atoms with E-state index in [-0.39, 0.29) is 5.91 Å². The Kier molecular flexibility index (Phi) is 4.96. The van der Waals surface area contributed by atoms with Crippen molar-refractivity contribution in [1.82, 2.24) is 14.9 Å². The van der Waals surface area contributed by atoms with E-state index in [4.69, 9.17) is 0 Å². The van der Waals surface area contributed by atoms with Gasteiger partial charge in [0.05, 0.1) is 23.0 Å². The Bertz CT molecular complexity index is 604. The molecule has 5 heteroatoms. The summed E-state index contributed by atoms with van der Waals surface area (Å²) in [5.74, 6) is -0.0517. The maximum absolute atomic E-state index is 11.9. The number of aliphatic hydroxyl groups is 1. The molecule has 2 aromatic rings. The summed E-state index contributed by atoms with van der Waals surface area (Å²) in [5.41, 5.74) is 1.14. The Morgan fingerprint density at radius 1 is 1.43 bits per heavy atom. The van der Waals surface area contributed by atoms with Gasteiger partial charge in [-0.2, -0.15) is 0 Å². The molecular formula is C16H23N3O2. The molecule has 2 rings (SSSR count). The Morgan fingerprint density at radius 2 is 2.19 bits per heavy atom. The van der Waals surface area contributed by atoms with Crippen LogP contribution < -0.4 is 5.32 Å². The zero-order chi connectivity index (χ0) is 15.3. The maximum atomic E-state index is 11.9. The van der Waals surface area contributed by atoms with Crippen LogP contribution in [0.2, 0.25) is 0 Å². The highest BCUT2D eigenvalue weighted by molar-refractivity contribution is 5.77. The van der Waals surface area contributed by atoms with Gasteiger partial charge in [0.25, 0.3) is 0 Å². The zero-order valence-corrected chi connectivity index (χ0v) is 12.7. The van der Waals surface area contributed by atoms with Crippen molar-refractivity contribution < 1.29 is 9.90 Å². The average Bonchev–Trinajstić information content (AvgIpc) is 2.86. The van der Waals surface area contributed by atoms with E-state index in [1.807, 2.05) is 35.8 Å². The first-order chi connectivity index (χ1) is 10.0. The van der Waals surface area contributed by atoms with Crippen LogP contribution in [0.3, 0.4) is 0 Å². The van der Waals surface area contributed by atoms with Crippen LogP contribution >= 0.6 is 0 Å². The van der Waals surface area contributed by atoms with E-state index in [2.05, 4.69) is 10.3 Å². The molecule has 1 amide bonds. The molecule has 2 N–H and O–H groups in total. The molecule has 1 unspecified atom stereocenters. The lowest BCUT2D eigenvalue weighted by Gasteiger charge is -2.22. The zero-order valence-electron chi connectivity index (χ0n) is 12.7. The number of carbonyl (C=O) groups is 1. The number of para-hydroxylation sites is 2. The average molecular weight is 289 g/mol. The number of nitrogens with zero attached hydrogens (tertiary/aromatic N) is 2. The number of fused-ring (bicyclic) bond motifs is 1. The number of rotatable bonds is 7. The minimum atomic E-state index is -0.827. The number of hydrogen-bond acceptors (Lipinski definition) is 3. The maximum Gasteiger partial charge on any atom is 0.221 e. The molecule has 0 aliphatic heterocycles. The molecule has 114 valence electrons. The molecule has 0 bridgehead atoms. The summed E-state index contributed by atoms with van der Waals surface area (Å²) in [6.07, 6.45) is 3.71. The van der Waals surface area contributed by atoms with Crippen molar-refractivity contribution in [3.8, 4) is 0 Å². The molecule has 1 aromatic heterocycles. The van der Waals surface area contributed by atoms with Crippen molar-refractivity contribution in [2.24, 2.45) is 0 Å². The Balaban J connectivity index is 1.84. The van der Waals surface area contributed by atoms with Crippen molar-refractivity contribution in [3.63, 3.8) is 0 Å². The predicted molar refractivity (Wildman–Crippen MR) is 82.9 cm³/mol. The van der Waals surface area contributed by atoms with Crippen LogP contribution in [0.25, 0.3) is 11.0 Å². The summed E-state index contributed by atoms with van der Waals surface area (Å²) in [6.45, 7) is 4.65. The summed E-state index contributed by atoms with van der Waals surface area (Å²) >= 11 is 0. The van der Waals surface area contributed by atoms with Gasteiger partial charge >= 0.3 is 0 Å². The van der Waals surface area contributed by atoms with Crippen LogP contribution in [0.4, 0.5) is 0 Å². The Morgan fingerprint density at radius 3 is 2.95 bits per heavy atom. The molecule has 0 spiro atoms. The van der Waals surface area contributed by atoms with Gasteiger partial charge in [0.2, 0.25) is 5.91 Å². The Labute approximate surface area is 125 Å². The van der Waals surface area contributed by atoms with Gasteiger partial charge in [-0.25, -0.2) is 4.98 Å². The molecule has 0 aliphatic rings. The molecule has 0 aliphatic carbocycles. The number of imidazole rings is 1. The number of aromatic nitrogens is 2. The summed E-state index contributed by atoms with van der Waals surface area (Å²) in [4.78, 5) is 16.2. The molecule has 1 aromatic carbocycles. The summed E-state index contributed by atoms with van der Waals surface area (Å²) in [7, 11) is 0. The minimum Gasteiger partial charge on any atom is -0.388 e. The van der Waals surface area contributed by atoms with Gasteiger partial charge in [-0.1, -0.05) is 25.5 Å². The van der Waals surface area contributed by atoms with Crippen LogP contribution in [-0.4, -0.2) is 32.7 Å². The monoisotopic (exact) mass is 289 g/mol. The van der Waals surface area contributed by atoms with Gasteiger partial charge in [0.15, 0.2) is 0 Å². The highest BCUT2D eigenvalue weighted by Gasteiger charge is 2.19. The lowest BCUT2D eigenvalue weighted by atomic mass is 10.0. The van der Waals surface area contributed by atoms with Crippen LogP contribution in [0.15, 0.2) is 30.6 Å². The van der Waals surface area contributed by atoms with Gasteiger partial charge < -0.3 is 15.0 Å². The number of amides is 1. The second-order valence-electron chi connectivity index (χ2n) is 5.70. The SMILES string of the molecule is CCCC(C)(O)CNC(=O)CCn1cnc2ccccc21. The van der Waals surface area contributed by atoms with Gasteiger partial charge in [-0.15, -0.1) is 0 Å². The number of carbonyl (C=O) groups excluding carboxylic acids is 1. The fourth-order valence-corrected chi connectivity index (χ4v) is 2.41. The summed E-state index contributed by atoms with van der Waals surface area (Å²) in [6, 6.07) is 7.85. The first-order valence-corrected chi connectivity index (χ1v) is 7.41. The van der Waals surface area contributed by atoms with Gasteiger partial charge in [0.1, 0.15) is 0 Å². The molecule has 0 saturated carbocycles. The quantitative estimate of drug-likeness (QED) is 0.820. The van der Waals surface area contributed by atoms with E-state index >= 15 is 0 Å². The van der Waals surface area contributed by atoms with E-state index in [1.165, 1.54) is 0 Å². The molecule has 1 atom stereocenters. The Hall–Kier alpha value is -1.88. The first kappa shape index (κ1) is 15.5. The lowest BCUT2D eigenvalue weighted by Crippen LogP contribution is -2.40. The third-order valence-corrected chi connectivity index (χ3v) is 3.56. The predicted octanol–water partition coefficient (Wildman–Crippen LogP) is 2.09. The molecule has 1 heterocycles. The number of benzene rings is 1. The third kappa shape index (κ3) is 4.29. The fraction of sp³-hybridized carbons (Fsp3) is 0.500. The number of aryl methyl sites for hydroxylation is 1. The van der Waals surface area contributed by atoms with E-state index in [0.29, 0.717) is 25.9 Å². The van der Waals surface area contributed by atoms with Crippen molar-refractivity contribution in [2.45, 2.75) is 45.3 Å². The van der Waals surface area contributed by atoms with Gasteiger partial charge in [0, 0.05) is 19.5 Å². The number of nitrogens with one attached hydrogen (secondary N) is 1. The summed E-state index contributed by atoms with van der Waals surface area (Å²) < 4.78 is 1.97. The van der Waals surface area contributed by atoms with Crippen molar-refractivity contribution in [1.29, 1.82) is 0 Å². The summed E-state index contributed by atoms with van der Waals surface area (Å²) in [5, 5.41) is 12.8. The van der Waals surface area contributed by atoms with Crippen LogP contribution in [0.1, 0.15) is 33.1 Å². The minimum absolute atomic E-state index is 0.0517. The third-order valence-electron chi connectivity index (χ3n) is 3.56.